The summed E-state index contributed by atoms with van der Waals surface area (Å²) in [5.74, 6) is 0.0460. The van der Waals surface area contributed by atoms with Gasteiger partial charge in [0.25, 0.3) is 0 Å². The summed E-state index contributed by atoms with van der Waals surface area (Å²) in [6.45, 7) is -0.430. The molecule has 0 bridgehead atoms. The summed E-state index contributed by atoms with van der Waals surface area (Å²) in [7, 11) is 0. The first-order valence-corrected chi connectivity index (χ1v) is 5.68. The fourth-order valence-electron chi connectivity index (χ4n) is 0.971. The number of carbonyl (C=O) groups is 1. The fourth-order valence-corrected chi connectivity index (χ4v) is 1.35. The first-order chi connectivity index (χ1) is 7.76. The zero-order valence-electron chi connectivity index (χ0n) is 8.48. The summed E-state index contributed by atoms with van der Waals surface area (Å²) in [4.78, 5) is 11.0. The maximum absolute atomic E-state index is 11.0. The van der Waals surface area contributed by atoms with E-state index in [1.165, 1.54) is 0 Å². The van der Waals surface area contributed by atoms with Gasteiger partial charge in [0.15, 0.2) is 13.2 Å². The molecule has 4 nitrogen and oxygen atoms in total. The summed E-state index contributed by atoms with van der Waals surface area (Å²) in [5.41, 5.74) is 1.12. The van der Waals surface area contributed by atoms with Gasteiger partial charge in [-0.3, -0.25) is 0 Å². The van der Waals surface area contributed by atoms with Gasteiger partial charge in [-0.25, -0.2) is 4.79 Å². The van der Waals surface area contributed by atoms with Crippen LogP contribution < -0.4 is 4.74 Å². The summed E-state index contributed by atoms with van der Waals surface area (Å²) in [5, 5.41) is 8.96. The molecule has 0 atom stereocenters. The van der Waals surface area contributed by atoms with Gasteiger partial charge >= 0.3 is 5.97 Å². The Morgan fingerprint density at radius 2 is 2.06 bits per heavy atom. The van der Waals surface area contributed by atoms with Crippen LogP contribution in [0.5, 0.6) is 5.75 Å². The molecule has 0 aliphatic carbocycles. The second kappa shape index (κ2) is 6.85. The number of halogens is 1. The normalized spacial score (nSPS) is 9.25. The number of nitrogens with zero attached hydrogens (tertiary/aromatic N) is 1. The third kappa shape index (κ3) is 4.32. The van der Waals surface area contributed by atoms with E-state index >= 15 is 0 Å². The Morgan fingerprint density at radius 1 is 1.38 bits per heavy atom. The van der Waals surface area contributed by atoms with Crippen molar-refractivity contribution in [2.75, 3.05) is 13.2 Å². The van der Waals surface area contributed by atoms with Crippen molar-refractivity contribution >= 4 is 21.9 Å². The van der Waals surface area contributed by atoms with Crippen molar-refractivity contribution in [3.05, 3.63) is 29.8 Å². The molecule has 0 amide bonds. The molecule has 1 rings (SSSR count). The van der Waals surface area contributed by atoms with E-state index in [2.05, 4.69) is 20.7 Å². The molecular weight excluding hydrogens is 274 g/mol. The van der Waals surface area contributed by atoms with Crippen LogP contribution in [0.15, 0.2) is 24.3 Å². The van der Waals surface area contributed by atoms with Gasteiger partial charge in [0.05, 0.1) is 0 Å². The maximum Gasteiger partial charge on any atom is 0.345 e. The molecule has 0 unspecified atom stereocenters. The second-order valence-electron chi connectivity index (χ2n) is 2.89. The van der Waals surface area contributed by atoms with E-state index in [0.29, 0.717) is 5.75 Å². The molecule has 84 valence electrons. The zero-order chi connectivity index (χ0) is 11.8. The summed E-state index contributed by atoms with van der Waals surface area (Å²) < 4.78 is 9.69. The molecule has 0 fully saturated rings. The average molecular weight is 284 g/mol. The van der Waals surface area contributed by atoms with Crippen molar-refractivity contribution in [1.29, 1.82) is 5.26 Å². The third-order valence-electron chi connectivity index (χ3n) is 1.73. The number of benzene rings is 1. The highest BCUT2D eigenvalue weighted by atomic mass is 79.9. The van der Waals surface area contributed by atoms with Gasteiger partial charge in [0, 0.05) is 5.33 Å². The molecule has 0 radical (unpaired) electrons. The summed E-state index contributed by atoms with van der Waals surface area (Å²) in [6.07, 6.45) is 0. The Morgan fingerprint density at radius 3 is 2.62 bits per heavy atom. The van der Waals surface area contributed by atoms with Gasteiger partial charge in [-0.05, 0) is 17.7 Å². The van der Waals surface area contributed by atoms with Crippen LogP contribution in [0.2, 0.25) is 0 Å². The Kier molecular flexibility index (Phi) is 5.37. The number of esters is 1. The van der Waals surface area contributed by atoms with Crippen LogP contribution in [0.3, 0.4) is 0 Å². The van der Waals surface area contributed by atoms with E-state index < -0.39 is 5.97 Å². The topological polar surface area (TPSA) is 59.3 Å². The van der Waals surface area contributed by atoms with Crippen LogP contribution in [-0.4, -0.2) is 19.2 Å². The number of carbonyl (C=O) groups excluding carboxylic acids is 1. The monoisotopic (exact) mass is 283 g/mol. The predicted molar refractivity (Wildman–Crippen MR) is 61.1 cm³/mol. The maximum atomic E-state index is 11.0. The minimum Gasteiger partial charge on any atom is -0.482 e. The van der Waals surface area contributed by atoms with Crippen molar-refractivity contribution < 1.29 is 14.3 Å². The number of hydrogen-bond donors (Lipinski definition) is 0. The van der Waals surface area contributed by atoms with Crippen molar-refractivity contribution in [1.82, 2.24) is 0 Å². The van der Waals surface area contributed by atoms with Gasteiger partial charge < -0.3 is 9.47 Å². The lowest BCUT2D eigenvalue weighted by Crippen LogP contribution is -2.14. The third-order valence-corrected chi connectivity index (χ3v) is 2.38. The number of alkyl halides is 1. The molecule has 0 saturated heterocycles. The summed E-state index contributed by atoms with van der Waals surface area (Å²) >= 11 is 3.33. The Bertz CT molecular complexity index is 383. The van der Waals surface area contributed by atoms with Gasteiger partial charge in [0.1, 0.15) is 11.8 Å². The molecule has 0 aliphatic rings. The van der Waals surface area contributed by atoms with Crippen LogP contribution in [0.4, 0.5) is 0 Å². The first kappa shape index (κ1) is 12.5. The molecule has 0 heterocycles. The SMILES string of the molecule is N#CCOC(=O)COc1ccc(CBr)cc1. The minimum absolute atomic E-state index is 0.185. The van der Waals surface area contributed by atoms with Gasteiger partial charge in [-0.1, -0.05) is 28.1 Å². The van der Waals surface area contributed by atoms with Crippen LogP contribution >= 0.6 is 15.9 Å². The zero-order valence-corrected chi connectivity index (χ0v) is 10.1. The lowest BCUT2D eigenvalue weighted by Gasteiger charge is -2.05. The van der Waals surface area contributed by atoms with E-state index in [1.54, 1.807) is 18.2 Å². The molecule has 1 aromatic carbocycles. The predicted octanol–water partition coefficient (Wildman–Crippen LogP) is 2.03. The molecule has 1 aromatic rings. The van der Waals surface area contributed by atoms with Gasteiger partial charge in [0.2, 0.25) is 0 Å². The highest BCUT2D eigenvalue weighted by Crippen LogP contribution is 2.13. The van der Waals surface area contributed by atoms with Gasteiger partial charge in [-0.2, -0.15) is 5.26 Å². The highest BCUT2D eigenvalue weighted by molar-refractivity contribution is 9.08. The van der Waals surface area contributed by atoms with E-state index in [4.69, 9.17) is 10.00 Å². The number of nitriles is 1. The van der Waals surface area contributed by atoms with Gasteiger partial charge in [-0.15, -0.1) is 0 Å². The van der Waals surface area contributed by atoms with E-state index in [-0.39, 0.29) is 13.2 Å². The van der Waals surface area contributed by atoms with E-state index in [1.807, 2.05) is 12.1 Å². The van der Waals surface area contributed by atoms with Crippen molar-refractivity contribution in [2.45, 2.75) is 5.33 Å². The smallest absolute Gasteiger partial charge is 0.345 e. The van der Waals surface area contributed by atoms with Crippen LogP contribution in [-0.2, 0) is 14.9 Å². The first-order valence-electron chi connectivity index (χ1n) is 4.56. The Labute approximate surface area is 102 Å². The lowest BCUT2D eigenvalue weighted by atomic mass is 10.2. The van der Waals surface area contributed by atoms with E-state index in [9.17, 15) is 4.79 Å². The highest BCUT2D eigenvalue weighted by Gasteiger charge is 2.03. The fraction of sp³-hybridized carbons (Fsp3) is 0.273. The Hall–Kier alpha value is -1.54. The lowest BCUT2D eigenvalue weighted by molar-refractivity contribution is -0.144. The molecule has 0 saturated carbocycles. The molecular formula is C11H10BrNO3. The Balaban J connectivity index is 2.37. The van der Waals surface area contributed by atoms with Crippen molar-refractivity contribution in [3.63, 3.8) is 0 Å². The van der Waals surface area contributed by atoms with E-state index in [0.717, 1.165) is 10.9 Å². The number of hydrogen-bond acceptors (Lipinski definition) is 4. The molecule has 0 spiro atoms. The average Bonchev–Trinajstić information content (AvgIpc) is 2.34. The number of ether oxygens (including phenoxy) is 2. The molecule has 5 heteroatoms. The summed E-state index contributed by atoms with van der Waals surface area (Å²) in [6, 6.07) is 9.04. The molecule has 0 aromatic heterocycles. The standard InChI is InChI=1S/C11H10BrNO3/c12-7-9-1-3-10(4-2-9)16-8-11(14)15-6-5-13/h1-4H,6-8H2. The molecule has 0 N–H and O–H groups in total. The van der Waals surface area contributed by atoms with Crippen molar-refractivity contribution in [3.8, 4) is 11.8 Å². The molecule has 0 aliphatic heterocycles. The van der Waals surface area contributed by atoms with Crippen molar-refractivity contribution in [2.24, 2.45) is 0 Å². The quantitative estimate of drug-likeness (QED) is 0.613. The number of rotatable bonds is 5. The van der Waals surface area contributed by atoms with Crippen LogP contribution in [0.1, 0.15) is 5.56 Å². The van der Waals surface area contributed by atoms with Crippen LogP contribution in [0, 0.1) is 11.3 Å². The minimum atomic E-state index is -0.550. The largest absolute Gasteiger partial charge is 0.482 e. The second-order valence-corrected chi connectivity index (χ2v) is 3.45. The van der Waals surface area contributed by atoms with Crippen LogP contribution in [0.25, 0.3) is 0 Å². The molecule has 16 heavy (non-hydrogen) atoms.